The van der Waals surface area contributed by atoms with Crippen LogP contribution in [0.15, 0.2) is 24.3 Å². The molecule has 1 aromatic carbocycles. The number of imide groups is 1. The van der Waals surface area contributed by atoms with Crippen molar-refractivity contribution in [1.29, 1.82) is 0 Å². The summed E-state index contributed by atoms with van der Waals surface area (Å²) in [5.41, 5.74) is -6.91. The van der Waals surface area contributed by atoms with Gasteiger partial charge in [0.05, 0.1) is 61.2 Å². The number of aliphatic carboxylic acids is 3. The minimum Gasteiger partial charge on any atom is -0.481 e. The topological polar surface area (TPSA) is 276 Å². The van der Waals surface area contributed by atoms with Crippen LogP contribution in [0.4, 0.5) is 5.69 Å². The second-order valence-corrected chi connectivity index (χ2v) is 18.4. The lowest BCUT2D eigenvalue weighted by atomic mass is 9.42. The molecule has 1 spiro atoms. The third-order valence-electron chi connectivity index (χ3n) is 15.8. The molecule has 2 heterocycles. The number of carboxylic acids is 3. The maximum absolute atomic E-state index is 14.1. The van der Waals surface area contributed by atoms with E-state index in [0.29, 0.717) is 25.9 Å². The largest absolute Gasteiger partial charge is 0.481 e. The number of rotatable bonds is 14. The lowest BCUT2D eigenvalue weighted by molar-refractivity contribution is -0.320. The summed E-state index contributed by atoms with van der Waals surface area (Å²) >= 11 is 0. The van der Waals surface area contributed by atoms with E-state index in [0.717, 1.165) is 11.3 Å². The molecule has 19 heteroatoms. The van der Waals surface area contributed by atoms with E-state index in [9.17, 15) is 39.0 Å². The van der Waals surface area contributed by atoms with Crippen LogP contribution in [0.2, 0.25) is 0 Å². The zero-order valence-corrected chi connectivity index (χ0v) is 35.7. The highest BCUT2D eigenvalue weighted by molar-refractivity contribution is 6.22. The average molecular weight is 875 g/mol. The number of carbonyl (C=O) groups is 6. The molecule has 2 amide bonds. The van der Waals surface area contributed by atoms with Gasteiger partial charge < -0.3 is 54.3 Å². The van der Waals surface area contributed by atoms with Gasteiger partial charge in [0.15, 0.2) is 5.60 Å². The number of amides is 2. The Morgan fingerprint density at radius 3 is 2.13 bits per heavy atom. The van der Waals surface area contributed by atoms with Crippen molar-refractivity contribution in [2.75, 3.05) is 53.0 Å². The second-order valence-electron chi connectivity index (χ2n) is 18.4. The molecule has 7 bridgehead atoms. The van der Waals surface area contributed by atoms with Crippen LogP contribution in [0.5, 0.6) is 0 Å². The van der Waals surface area contributed by atoms with Gasteiger partial charge in [0, 0.05) is 82.3 Å². The molecule has 5 aliphatic carbocycles. The molecule has 14 atom stereocenters. The number of esters is 1. The van der Waals surface area contributed by atoms with E-state index in [1.165, 1.54) is 0 Å². The van der Waals surface area contributed by atoms with Gasteiger partial charge in [0.2, 0.25) is 11.8 Å². The van der Waals surface area contributed by atoms with Gasteiger partial charge in [-0.2, -0.15) is 0 Å². The summed E-state index contributed by atoms with van der Waals surface area (Å²) in [6, 6.07) is 6.12. The number of likely N-dealkylation sites (tertiary alicyclic amines) is 1. The first kappa shape index (κ1) is 45.9. The number of para-hydroxylation sites is 1. The number of carboxylic acid groups (broad SMARTS) is 3. The van der Waals surface area contributed by atoms with Crippen LogP contribution >= 0.6 is 0 Å². The monoisotopic (exact) mass is 874 g/mol. The van der Waals surface area contributed by atoms with Gasteiger partial charge in [-0.1, -0.05) is 26.0 Å². The van der Waals surface area contributed by atoms with Gasteiger partial charge in [-0.15, -0.1) is 0 Å². The Bertz CT molecular complexity index is 1980. The van der Waals surface area contributed by atoms with Gasteiger partial charge in [0.1, 0.15) is 11.2 Å². The van der Waals surface area contributed by atoms with Crippen LogP contribution in [0.25, 0.3) is 0 Å². The fraction of sp³-hybridized carbons (Fsp3) is 0.721. The highest BCUT2D eigenvalue weighted by Crippen LogP contribution is 2.80. The first-order valence-electron chi connectivity index (χ1n) is 21.0. The molecular formula is C43H58N2O17. The molecule has 8 rings (SSSR count). The number of ether oxygens (including phenoxy) is 5. The number of likely N-dealkylation sites (N-methyl/N-ethyl adjacent to an activating group) is 1. The van der Waals surface area contributed by atoms with Crippen molar-refractivity contribution >= 4 is 41.4 Å². The normalized spacial score (nSPS) is 40.2. The number of carbonyl (C=O) groups excluding carboxylic acids is 3. The average Bonchev–Trinajstić information content (AvgIpc) is 3.75. The van der Waals surface area contributed by atoms with E-state index in [1.54, 1.807) is 59.6 Å². The Morgan fingerprint density at radius 2 is 1.60 bits per heavy atom. The summed E-state index contributed by atoms with van der Waals surface area (Å²) in [6.45, 7) is 4.95. The third kappa shape index (κ3) is 6.28. The van der Waals surface area contributed by atoms with Gasteiger partial charge >= 0.3 is 23.9 Å². The maximum atomic E-state index is 14.1. The Hall–Kier alpha value is -4.08. The molecule has 62 heavy (non-hydrogen) atoms. The van der Waals surface area contributed by atoms with Crippen LogP contribution in [-0.2, 0) is 47.7 Å². The molecule has 0 aromatic heterocycles. The standard InChI is InChI=1S/C37H50N2O10.C6H8O7/c1-7-38-17-34(18-49-32(42)20-10-8-9-11-23(20)39-26(40)14-19(2)31(39)41)13-12-25(46-4)36-22-15-21-24(45-3)16-35(43,27(22)28(21)47-5)37(44,33(36)38)30(48-6)29(34)36;7-3(8)1-6(13,5(11)12)2-4(9)10/h8-11,19,21-22,24-25,27-30,33,43-44H,7,12-18H2,1-6H3;13H,1-2H2,(H,7,8)(H,9,10)(H,11,12)/t19-,21-,22-,24+,25-,27-,28+,29-,30+,33-,34-,35+,36+,37-;/m1./s1. The van der Waals surface area contributed by atoms with E-state index < -0.39 is 82.4 Å². The summed E-state index contributed by atoms with van der Waals surface area (Å²) in [5, 5.41) is 60.4. The Morgan fingerprint density at radius 1 is 0.935 bits per heavy atom. The van der Waals surface area contributed by atoms with Crippen LogP contribution in [0.1, 0.15) is 69.2 Å². The summed E-state index contributed by atoms with van der Waals surface area (Å²) in [4.78, 5) is 73.8. The minimum atomic E-state index is -2.74. The van der Waals surface area contributed by atoms with E-state index in [4.69, 9.17) is 44.1 Å². The summed E-state index contributed by atoms with van der Waals surface area (Å²) < 4.78 is 31.4. The fourth-order valence-electron chi connectivity index (χ4n) is 13.9. The predicted octanol–water partition coefficient (Wildman–Crippen LogP) is 0.787. The number of hydrogen-bond donors (Lipinski definition) is 6. The number of anilines is 1. The van der Waals surface area contributed by atoms with Crippen LogP contribution in [0.3, 0.4) is 0 Å². The second kappa shape index (κ2) is 16.2. The predicted molar refractivity (Wildman–Crippen MR) is 212 cm³/mol. The summed E-state index contributed by atoms with van der Waals surface area (Å²) in [6.07, 6.45) is -1.48. The third-order valence-corrected chi connectivity index (χ3v) is 15.8. The van der Waals surface area contributed by atoms with E-state index >= 15 is 0 Å². The van der Waals surface area contributed by atoms with Gasteiger partial charge in [-0.05, 0) is 43.9 Å². The SMILES string of the molecule is CCN1C[C@@]2(COC(=O)c3ccccc3N3C(=O)C[C@@H](C)C3=O)CC[C@@H](OC)[C@]34[C@@H]5C[C@H]6[C@H](OC)[C@@H]5[C@@](O)(C[C@@H]6OC)[C@](O)([C@H]13)[C@@H](OC)[C@H]24.O=C(O)CC(O)(CC(=O)O)C(=O)O. The first-order valence-corrected chi connectivity index (χ1v) is 21.0. The quantitative estimate of drug-likeness (QED) is 0.111. The highest BCUT2D eigenvalue weighted by atomic mass is 16.5. The van der Waals surface area contributed by atoms with Crippen molar-refractivity contribution < 1.29 is 83.1 Å². The number of piperidine rings is 1. The summed E-state index contributed by atoms with van der Waals surface area (Å²) in [7, 11) is 6.70. The number of nitrogens with zero attached hydrogens (tertiary/aromatic N) is 2. The van der Waals surface area contributed by atoms with Crippen molar-refractivity contribution in [3.8, 4) is 0 Å². The fourth-order valence-corrected chi connectivity index (χ4v) is 13.9. The molecule has 0 unspecified atom stereocenters. The molecule has 1 aromatic rings. The molecule has 2 aliphatic heterocycles. The Balaban J connectivity index is 0.000000387. The number of aliphatic hydroxyl groups is 3. The molecule has 5 saturated carbocycles. The van der Waals surface area contributed by atoms with Crippen molar-refractivity contribution in [2.45, 2.75) is 106 Å². The van der Waals surface area contributed by atoms with Crippen molar-refractivity contribution in [2.24, 2.45) is 40.4 Å². The molecule has 342 valence electrons. The van der Waals surface area contributed by atoms with Crippen molar-refractivity contribution in [3.05, 3.63) is 29.8 Å². The van der Waals surface area contributed by atoms with Crippen LogP contribution < -0.4 is 4.90 Å². The lowest BCUT2D eigenvalue weighted by Gasteiger charge is -2.70. The Labute approximate surface area is 358 Å². The molecule has 2 saturated heterocycles. The molecular weight excluding hydrogens is 816 g/mol. The highest BCUT2D eigenvalue weighted by Gasteiger charge is 2.91. The molecule has 19 nitrogen and oxygen atoms in total. The van der Waals surface area contributed by atoms with Crippen LogP contribution in [0, 0.1) is 40.4 Å². The van der Waals surface area contributed by atoms with Crippen molar-refractivity contribution in [1.82, 2.24) is 4.90 Å². The smallest absolute Gasteiger partial charge is 0.340 e. The van der Waals surface area contributed by atoms with Gasteiger partial charge in [0.25, 0.3) is 0 Å². The lowest BCUT2D eigenvalue weighted by Crippen LogP contribution is -2.82. The molecule has 7 fully saturated rings. The van der Waals surface area contributed by atoms with E-state index in [2.05, 4.69) is 11.8 Å². The van der Waals surface area contributed by atoms with Crippen molar-refractivity contribution in [3.63, 3.8) is 0 Å². The van der Waals surface area contributed by atoms with Gasteiger partial charge in [-0.25, -0.2) is 14.5 Å². The number of hydrogen-bond acceptors (Lipinski definition) is 15. The number of benzene rings is 1. The first-order chi connectivity index (χ1) is 29.2. The maximum Gasteiger partial charge on any atom is 0.340 e. The van der Waals surface area contributed by atoms with Gasteiger partial charge in [-0.3, -0.25) is 24.1 Å². The Kier molecular flexibility index (Phi) is 12.0. The zero-order chi connectivity index (χ0) is 45.5. The molecule has 0 radical (unpaired) electrons. The number of fused-ring (bicyclic) bond motifs is 2. The zero-order valence-electron chi connectivity index (χ0n) is 35.7. The number of methoxy groups -OCH3 is 4. The summed E-state index contributed by atoms with van der Waals surface area (Å²) in [5.74, 6) is -7.49. The molecule has 7 aliphatic rings. The van der Waals surface area contributed by atoms with E-state index in [1.807, 2.05) is 0 Å². The minimum absolute atomic E-state index is 0.0358. The van der Waals surface area contributed by atoms with E-state index in [-0.39, 0.29) is 84.5 Å². The molecule has 6 N–H and O–H groups in total. The van der Waals surface area contributed by atoms with Crippen LogP contribution in [-0.4, -0.2) is 167 Å².